The molecule has 17 heavy (non-hydrogen) atoms. The third-order valence-corrected chi connectivity index (χ3v) is 3.50. The molecule has 1 fully saturated rings. The van der Waals surface area contributed by atoms with Crippen molar-refractivity contribution in [2.24, 2.45) is 5.73 Å². The highest BCUT2D eigenvalue weighted by molar-refractivity contribution is 5.04. The molecular weight excluding hydrogens is 212 g/mol. The van der Waals surface area contributed by atoms with E-state index in [2.05, 4.69) is 15.2 Å². The largest absolute Gasteiger partial charge is 0.330 e. The van der Waals surface area contributed by atoms with Crippen LogP contribution in [0, 0.1) is 0 Å². The number of aryl methyl sites for hydroxylation is 1. The van der Waals surface area contributed by atoms with Crippen LogP contribution in [0.25, 0.3) is 0 Å². The van der Waals surface area contributed by atoms with E-state index in [4.69, 9.17) is 5.73 Å². The van der Waals surface area contributed by atoms with Gasteiger partial charge in [0.25, 0.3) is 0 Å². The highest BCUT2D eigenvalue weighted by atomic mass is 15.1. The summed E-state index contributed by atoms with van der Waals surface area (Å²) in [6.45, 7) is 0.691. The Kier molecular flexibility index (Phi) is 4.86. The molecule has 0 spiro atoms. The van der Waals surface area contributed by atoms with Crippen molar-refractivity contribution >= 4 is 0 Å². The van der Waals surface area contributed by atoms with Gasteiger partial charge in [0.2, 0.25) is 0 Å². The van der Waals surface area contributed by atoms with Crippen molar-refractivity contribution in [1.29, 1.82) is 0 Å². The Balaban J connectivity index is 2.03. The predicted molar refractivity (Wildman–Crippen MR) is 67.6 cm³/mol. The molecule has 1 aliphatic rings. The number of rotatable bonds is 4. The van der Waals surface area contributed by atoms with E-state index >= 15 is 0 Å². The number of hydrogen-bond acceptors (Lipinski definition) is 4. The fourth-order valence-corrected chi connectivity index (χ4v) is 2.49. The second-order valence-corrected chi connectivity index (χ2v) is 4.88. The van der Waals surface area contributed by atoms with Gasteiger partial charge in [-0.2, -0.15) is 5.10 Å². The minimum Gasteiger partial charge on any atom is -0.330 e. The Bertz CT molecular complexity index is 332. The molecule has 0 saturated heterocycles. The van der Waals surface area contributed by atoms with Crippen LogP contribution in [0.4, 0.5) is 0 Å². The second kappa shape index (κ2) is 6.64. The summed E-state index contributed by atoms with van der Waals surface area (Å²) < 4.78 is 0. The van der Waals surface area contributed by atoms with E-state index in [9.17, 15) is 0 Å². The molecule has 0 atom stereocenters. The first kappa shape index (κ1) is 12.4. The van der Waals surface area contributed by atoms with E-state index < -0.39 is 0 Å². The molecule has 1 saturated carbocycles. The van der Waals surface area contributed by atoms with Crippen LogP contribution < -0.4 is 5.73 Å². The normalized spacial score (nSPS) is 17.9. The van der Waals surface area contributed by atoms with Crippen LogP contribution in [0.3, 0.4) is 0 Å². The molecular formula is C13H22N4. The van der Waals surface area contributed by atoms with Crippen LogP contribution >= 0.6 is 0 Å². The van der Waals surface area contributed by atoms with Crippen LogP contribution in [-0.4, -0.2) is 21.7 Å². The van der Waals surface area contributed by atoms with E-state index in [1.165, 1.54) is 38.5 Å². The van der Waals surface area contributed by atoms with Gasteiger partial charge in [-0.1, -0.05) is 25.7 Å². The summed E-state index contributed by atoms with van der Waals surface area (Å²) >= 11 is 0. The van der Waals surface area contributed by atoms with E-state index in [-0.39, 0.29) is 0 Å². The van der Waals surface area contributed by atoms with Crippen molar-refractivity contribution in [3.63, 3.8) is 0 Å². The Hall–Kier alpha value is -1.03. The first-order chi connectivity index (χ1) is 8.40. The maximum absolute atomic E-state index is 5.50. The first-order valence-corrected chi connectivity index (χ1v) is 6.78. The van der Waals surface area contributed by atoms with Crippen molar-refractivity contribution in [1.82, 2.24) is 15.2 Å². The van der Waals surface area contributed by atoms with Crippen LogP contribution in [0.1, 0.15) is 62.4 Å². The summed E-state index contributed by atoms with van der Waals surface area (Å²) in [5, 5.41) is 8.17. The van der Waals surface area contributed by atoms with Gasteiger partial charge in [-0.3, -0.25) is 0 Å². The van der Waals surface area contributed by atoms with E-state index in [0.717, 1.165) is 24.4 Å². The van der Waals surface area contributed by atoms with Gasteiger partial charge in [0.05, 0.1) is 11.9 Å². The number of nitrogens with zero attached hydrogens (tertiary/aromatic N) is 3. The molecule has 0 bridgehead atoms. The molecule has 2 rings (SSSR count). The molecule has 4 nitrogen and oxygen atoms in total. The SMILES string of the molecule is NCCCc1nncc(C2CCCCCC2)n1. The molecule has 0 aromatic carbocycles. The van der Waals surface area contributed by atoms with E-state index in [0.29, 0.717) is 12.5 Å². The van der Waals surface area contributed by atoms with Gasteiger partial charge in [0.15, 0.2) is 5.82 Å². The topological polar surface area (TPSA) is 64.7 Å². The Morgan fingerprint density at radius 2 is 1.94 bits per heavy atom. The zero-order valence-corrected chi connectivity index (χ0v) is 10.4. The average molecular weight is 234 g/mol. The highest BCUT2D eigenvalue weighted by Gasteiger charge is 2.16. The van der Waals surface area contributed by atoms with Crippen molar-refractivity contribution in [3.05, 3.63) is 17.7 Å². The highest BCUT2D eigenvalue weighted by Crippen LogP contribution is 2.29. The lowest BCUT2D eigenvalue weighted by Crippen LogP contribution is -2.08. The van der Waals surface area contributed by atoms with Crippen molar-refractivity contribution in [3.8, 4) is 0 Å². The number of aromatic nitrogens is 3. The second-order valence-electron chi connectivity index (χ2n) is 4.88. The van der Waals surface area contributed by atoms with Crippen molar-refractivity contribution < 1.29 is 0 Å². The predicted octanol–water partition coefficient (Wildman–Crippen LogP) is 2.20. The van der Waals surface area contributed by atoms with Gasteiger partial charge in [-0.05, 0) is 25.8 Å². The lowest BCUT2D eigenvalue weighted by Gasteiger charge is -2.13. The quantitative estimate of drug-likeness (QED) is 0.811. The smallest absolute Gasteiger partial charge is 0.151 e. The monoisotopic (exact) mass is 234 g/mol. The molecule has 1 aromatic rings. The minimum atomic E-state index is 0.602. The number of nitrogens with two attached hydrogens (primary N) is 1. The van der Waals surface area contributed by atoms with E-state index in [1.54, 1.807) is 0 Å². The maximum atomic E-state index is 5.50. The summed E-state index contributed by atoms with van der Waals surface area (Å²) in [6.07, 6.45) is 11.6. The summed E-state index contributed by atoms with van der Waals surface area (Å²) in [6, 6.07) is 0. The zero-order valence-electron chi connectivity index (χ0n) is 10.4. The Morgan fingerprint density at radius 3 is 2.65 bits per heavy atom. The van der Waals surface area contributed by atoms with Crippen LogP contribution in [0.5, 0.6) is 0 Å². The summed E-state index contributed by atoms with van der Waals surface area (Å²) in [5.41, 5.74) is 6.65. The van der Waals surface area contributed by atoms with Gasteiger partial charge in [0.1, 0.15) is 0 Å². The molecule has 1 aliphatic carbocycles. The molecule has 0 radical (unpaired) electrons. The fraction of sp³-hybridized carbons (Fsp3) is 0.769. The molecule has 0 aliphatic heterocycles. The third kappa shape index (κ3) is 3.73. The lowest BCUT2D eigenvalue weighted by atomic mass is 9.97. The third-order valence-electron chi connectivity index (χ3n) is 3.50. The Labute approximate surface area is 103 Å². The summed E-state index contributed by atoms with van der Waals surface area (Å²) in [7, 11) is 0. The van der Waals surface area contributed by atoms with Crippen LogP contribution in [-0.2, 0) is 6.42 Å². The van der Waals surface area contributed by atoms with Crippen molar-refractivity contribution in [2.75, 3.05) is 6.54 Å². The van der Waals surface area contributed by atoms with E-state index in [1.807, 2.05) is 6.20 Å². The molecule has 94 valence electrons. The molecule has 0 amide bonds. The standard InChI is InChI=1S/C13H22N4/c14-9-5-8-13-16-12(10-15-17-13)11-6-3-1-2-4-7-11/h10-11H,1-9,14H2. The first-order valence-electron chi connectivity index (χ1n) is 6.78. The molecule has 1 heterocycles. The molecule has 1 aromatic heterocycles. The molecule has 2 N–H and O–H groups in total. The fourth-order valence-electron chi connectivity index (χ4n) is 2.49. The number of hydrogen-bond donors (Lipinski definition) is 1. The summed E-state index contributed by atoms with van der Waals surface area (Å²) in [5.74, 6) is 1.46. The molecule has 4 heteroatoms. The summed E-state index contributed by atoms with van der Waals surface area (Å²) in [4.78, 5) is 4.65. The zero-order chi connectivity index (χ0) is 11.9. The maximum Gasteiger partial charge on any atom is 0.151 e. The lowest BCUT2D eigenvalue weighted by molar-refractivity contribution is 0.564. The van der Waals surface area contributed by atoms with Gasteiger partial charge in [0, 0.05) is 12.3 Å². The Morgan fingerprint density at radius 1 is 1.18 bits per heavy atom. The average Bonchev–Trinajstić information content (AvgIpc) is 2.65. The van der Waals surface area contributed by atoms with Crippen LogP contribution in [0.15, 0.2) is 6.20 Å². The van der Waals surface area contributed by atoms with Gasteiger partial charge >= 0.3 is 0 Å². The van der Waals surface area contributed by atoms with Gasteiger partial charge in [-0.15, -0.1) is 5.10 Å². The van der Waals surface area contributed by atoms with Gasteiger partial charge < -0.3 is 5.73 Å². The van der Waals surface area contributed by atoms with Crippen LogP contribution in [0.2, 0.25) is 0 Å². The molecule has 0 unspecified atom stereocenters. The minimum absolute atomic E-state index is 0.602. The van der Waals surface area contributed by atoms with Crippen molar-refractivity contribution in [2.45, 2.75) is 57.3 Å². The van der Waals surface area contributed by atoms with Gasteiger partial charge in [-0.25, -0.2) is 4.98 Å².